The van der Waals surface area contributed by atoms with E-state index in [9.17, 15) is 14.7 Å². The summed E-state index contributed by atoms with van der Waals surface area (Å²) < 4.78 is 12.8. The van der Waals surface area contributed by atoms with Gasteiger partial charge in [0.1, 0.15) is 27.2 Å². The van der Waals surface area contributed by atoms with Crippen molar-refractivity contribution in [3.8, 4) is 16.9 Å². The summed E-state index contributed by atoms with van der Waals surface area (Å²) in [6, 6.07) is 41.3. The lowest BCUT2D eigenvalue weighted by molar-refractivity contribution is -0.139. The van der Waals surface area contributed by atoms with Gasteiger partial charge in [-0.15, -0.1) is 0 Å². The number of carboxylic acids is 1. The second kappa shape index (κ2) is 15.6. The van der Waals surface area contributed by atoms with Gasteiger partial charge in [-0.25, -0.2) is 9.59 Å². The van der Waals surface area contributed by atoms with Gasteiger partial charge in [0.05, 0.1) is 10.2 Å². The lowest BCUT2D eigenvalue weighted by Crippen LogP contribution is -2.43. The molecular formula is C42H41INO5Si. The largest absolute Gasteiger partial charge is 0.493 e. The van der Waals surface area contributed by atoms with Crippen LogP contribution in [-0.4, -0.2) is 45.2 Å². The van der Waals surface area contributed by atoms with Gasteiger partial charge in [0, 0.05) is 12.3 Å². The van der Waals surface area contributed by atoms with E-state index in [0.717, 1.165) is 43.2 Å². The van der Waals surface area contributed by atoms with Crippen molar-refractivity contribution >= 4 is 53.8 Å². The first-order valence-corrected chi connectivity index (χ1v) is 19.6. The number of aliphatic carboxylic acids is 1. The Hall–Kier alpha value is -4.41. The summed E-state index contributed by atoms with van der Waals surface area (Å²) in [5.41, 5.74) is 6.66. The lowest BCUT2D eigenvalue weighted by Gasteiger charge is -2.21. The average Bonchev–Trinajstić information content (AvgIpc) is 3.43. The smallest absolute Gasteiger partial charge is 0.407 e. The summed E-state index contributed by atoms with van der Waals surface area (Å²) in [6.45, 7) is 7.37. The molecule has 50 heavy (non-hydrogen) atoms. The number of hydrogen-bond donors (Lipinski definition) is 2. The predicted molar refractivity (Wildman–Crippen MR) is 209 cm³/mol. The van der Waals surface area contributed by atoms with Gasteiger partial charge >= 0.3 is 12.1 Å². The lowest BCUT2D eigenvalue weighted by atomic mass is 9.87. The molecule has 0 saturated carbocycles. The fraction of sp³-hybridized carbons (Fsp3) is 0.238. The van der Waals surface area contributed by atoms with Gasteiger partial charge in [-0.3, -0.25) is 0 Å². The minimum atomic E-state index is -1.14. The number of hydrogen-bond acceptors (Lipinski definition) is 4. The van der Waals surface area contributed by atoms with E-state index in [-0.39, 0.29) is 24.4 Å². The predicted octanol–water partition coefficient (Wildman–Crippen LogP) is 7.81. The summed E-state index contributed by atoms with van der Waals surface area (Å²) in [4.78, 5) is 25.1. The van der Waals surface area contributed by atoms with Crippen molar-refractivity contribution < 1.29 is 24.2 Å². The molecule has 6 rings (SSSR count). The second-order valence-electron chi connectivity index (χ2n) is 13.6. The van der Waals surface area contributed by atoms with E-state index in [4.69, 9.17) is 9.47 Å². The molecule has 1 aliphatic carbocycles. The third-order valence-corrected chi connectivity index (χ3v) is 12.8. The van der Waals surface area contributed by atoms with Gasteiger partial charge in [-0.05, 0) is 79.6 Å². The Morgan fingerprint density at radius 2 is 1.42 bits per heavy atom. The van der Waals surface area contributed by atoms with Crippen molar-refractivity contribution in [3.63, 3.8) is 0 Å². The number of carbonyl (C=O) groups excluding carboxylic acids is 1. The molecule has 5 aromatic carbocycles. The Morgan fingerprint density at radius 3 is 2.02 bits per heavy atom. The molecule has 1 atom stereocenters. The summed E-state index contributed by atoms with van der Waals surface area (Å²) in [5.74, 6) is -0.479. The zero-order valence-electron chi connectivity index (χ0n) is 28.5. The van der Waals surface area contributed by atoms with E-state index in [1.807, 2.05) is 60.7 Å². The van der Waals surface area contributed by atoms with Crippen molar-refractivity contribution in [1.29, 1.82) is 0 Å². The van der Waals surface area contributed by atoms with Crippen molar-refractivity contribution in [3.05, 3.63) is 147 Å². The minimum absolute atomic E-state index is 0.101. The topological polar surface area (TPSA) is 84.9 Å². The number of rotatable bonds is 12. The number of ether oxygens (including phenoxy) is 2. The van der Waals surface area contributed by atoms with Crippen LogP contribution in [0.4, 0.5) is 4.79 Å². The van der Waals surface area contributed by atoms with Crippen molar-refractivity contribution in [2.75, 3.05) is 13.2 Å². The molecule has 0 spiro atoms. The Bertz CT molecular complexity index is 1910. The number of nitrogens with one attached hydrogen (secondary N) is 1. The fourth-order valence-corrected chi connectivity index (χ4v) is 9.65. The normalized spacial score (nSPS) is 13.0. The molecule has 0 fully saturated rings. The monoisotopic (exact) mass is 794 g/mol. The molecule has 8 heteroatoms. The molecule has 255 valence electrons. The first-order valence-electron chi connectivity index (χ1n) is 16.9. The molecular weight excluding hydrogens is 753 g/mol. The molecule has 0 aromatic heterocycles. The van der Waals surface area contributed by atoms with Crippen LogP contribution in [0.1, 0.15) is 48.9 Å². The van der Waals surface area contributed by atoms with E-state index in [1.54, 1.807) is 0 Å². The number of carbonyl (C=O) groups is 2. The SMILES string of the molecule is CC(C)(C)c1ccc([Si](CCOc2ccc(C[C@H](NC(=O)OCC3c4ccccc4-c4ccccc43)C(=O)O)cc2I)c2ccccc2)cc1. The van der Waals surface area contributed by atoms with Crippen LogP contribution in [0.3, 0.4) is 0 Å². The van der Waals surface area contributed by atoms with Gasteiger partial charge in [-0.2, -0.15) is 0 Å². The molecule has 0 unspecified atom stereocenters. The van der Waals surface area contributed by atoms with Crippen LogP contribution in [-0.2, 0) is 21.4 Å². The molecule has 0 bridgehead atoms. The highest BCUT2D eigenvalue weighted by atomic mass is 127. The number of benzene rings is 5. The zero-order valence-corrected chi connectivity index (χ0v) is 31.6. The molecule has 0 saturated heterocycles. The molecule has 1 amide bonds. The Morgan fingerprint density at radius 1 is 0.820 bits per heavy atom. The van der Waals surface area contributed by atoms with Crippen LogP contribution in [0.15, 0.2) is 121 Å². The molecule has 2 N–H and O–H groups in total. The van der Waals surface area contributed by atoms with Gasteiger partial charge < -0.3 is 19.9 Å². The average molecular weight is 795 g/mol. The van der Waals surface area contributed by atoms with Crippen LogP contribution in [0.2, 0.25) is 6.04 Å². The Kier molecular flexibility index (Phi) is 11.1. The number of alkyl carbamates (subject to hydrolysis) is 1. The zero-order chi connectivity index (χ0) is 35.3. The maximum absolute atomic E-state index is 12.9. The Balaban J connectivity index is 1.06. The van der Waals surface area contributed by atoms with Crippen molar-refractivity contribution in [2.24, 2.45) is 0 Å². The van der Waals surface area contributed by atoms with Gasteiger partial charge in [-0.1, -0.05) is 140 Å². The van der Waals surface area contributed by atoms with Gasteiger partial charge in [0.15, 0.2) is 0 Å². The van der Waals surface area contributed by atoms with Crippen LogP contribution >= 0.6 is 22.6 Å². The summed E-state index contributed by atoms with van der Waals surface area (Å²) >= 11 is 2.23. The summed E-state index contributed by atoms with van der Waals surface area (Å²) in [5, 5.41) is 15.2. The maximum Gasteiger partial charge on any atom is 0.407 e. The molecule has 1 aliphatic rings. The standard InChI is InChI=1S/C42H41INO5Si/c1-42(2,3)29-18-20-31(21-19-29)50(30-11-5-4-6-12-30)24-23-48-39-22-17-28(25-37(39)43)26-38(40(45)46)44-41(47)49-27-36-34-15-9-7-13-32(34)33-14-8-10-16-35(33)36/h4-22,25,36,38H,23-24,26-27H2,1-3H3,(H,44,47)(H,45,46)/t38-/m0/s1. The molecule has 0 heterocycles. The summed E-state index contributed by atoms with van der Waals surface area (Å²) in [6.07, 6.45) is -0.639. The highest BCUT2D eigenvalue weighted by molar-refractivity contribution is 14.1. The fourth-order valence-electron chi connectivity index (χ4n) is 6.54. The van der Waals surface area contributed by atoms with Crippen LogP contribution in [0.25, 0.3) is 11.1 Å². The molecule has 1 radical (unpaired) electrons. The molecule has 0 aliphatic heterocycles. The first kappa shape index (κ1) is 35.4. The Labute approximate surface area is 309 Å². The quantitative estimate of drug-likeness (QED) is 0.0995. The van der Waals surface area contributed by atoms with E-state index < -0.39 is 26.9 Å². The highest BCUT2D eigenvalue weighted by Crippen LogP contribution is 2.44. The van der Waals surface area contributed by atoms with Gasteiger partial charge in [0.25, 0.3) is 0 Å². The van der Waals surface area contributed by atoms with Crippen LogP contribution in [0, 0.1) is 3.57 Å². The third-order valence-electron chi connectivity index (χ3n) is 9.20. The number of carboxylic acid groups (broad SMARTS) is 1. The minimum Gasteiger partial charge on any atom is -0.493 e. The van der Waals surface area contributed by atoms with E-state index in [1.165, 1.54) is 15.9 Å². The number of amides is 1. The van der Waals surface area contributed by atoms with E-state index >= 15 is 0 Å². The molecule has 5 aromatic rings. The van der Waals surface area contributed by atoms with Crippen molar-refractivity contribution in [1.82, 2.24) is 5.32 Å². The molecule has 6 nitrogen and oxygen atoms in total. The van der Waals surface area contributed by atoms with Crippen LogP contribution < -0.4 is 20.4 Å². The highest BCUT2D eigenvalue weighted by Gasteiger charge is 2.30. The van der Waals surface area contributed by atoms with Gasteiger partial charge in [0.2, 0.25) is 0 Å². The van der Waals surface area contributed by atoms with Crippen molar-refractivity contribution in [2.45, 2.75) is 50.6 Å². The number of halogens is 1. The van der Waals surface area contributed by atoms with E-state index in [2.05, 4.69) is 109 Å². The first-order chi connectivity index (χ1) is 24.1. The summed E-state index contributed by atoms with van der Waals surface area (Å²) in [7, 11) is -1.07. The number of fused-ring (bicyclic) bond motifs is 3. The maximum atomic E-state index is 12.9. The third kappa shape index (κ3) is 8.30. The van der Waals surface area contributed by atoms with E-state index in [0.29, 0.717) is 6.61 Å². The second-order valence-corrected chi connectivity index (χ2v) is 17.4. The van der Waals surface area contributed by atoms with Crippen LogP contribution in [0.5, 0.6) is 5.75 Å².